The zero-order chi connectivity index (χ0) is 11.9. The van der Waals surface area contributed by atoms with E-state index >= 15 is 0 Å². The summed E-state index contributed by atoms with van der Waals surface area (Å²) >= 11 is 0. The number of rotatable bonds is 1. The van der Waals surface area contributed by atoms with Gasteiger partial charge in [-0.05, 0) is 23.8 Å². The molecule has 0 aliphatic carbocycles. The van der Waals surface area contributed by atoms with Crippen LogP contribution in [0.5, 0.6) is 0 Å². The van der Waals surface area contributed by atoms with Crippen LogP contribution in [-0.2, 0) is 16.7 Å². The summed E-state index contributed by atoms with van der Waals surface area (Å²) in [4.78, 5) is 12.5. The predicted molar refractivity (Wildman–Crippen MR) is 56.7 cm³/mol. The van der Waals surface area contributed by atoms with E-state index in [0.29, 0.717) is 17.8 Å². The lowest BCUT2D eigenvalue weighted by atomic mass is 10.1. The van der Waals surface area contributed by atoms with E-state index in [0.717, 1.165) is 0 Å². The first-order valence-electron chi connectivity index (χ1n) is 4.50. The van der Waals surface area contributed by atoms with Crippen LogP contribution in [0.3, 0.4) is 0 Å². The van der Waals surface area contributed by atoms with Crippen LogP contribution in [0.4, 0.5) is 10.5 Å². The van der Waals surface area contributed by atoms with Gasteiger partial charge in [0.05, 0.1) is 4.90 Å². The van der Waals surface area contributed by atoms with Crippen LogP contribution in [0.2, 0.25) is 0 Å². The van der Waals surface area contributed by atoms with Gasteiger partial charge in [0, 0.05) is 19.3 Å². The quantitative estimate of drug-likeness (QED) is 0.716. The fourth-order valence-electron chi connectivity index (χ4n) is 1.52. The highest BCUT2D eigenvalue weighted by molar-refractivity contribution is 7.85. The summed E-state index contributed by atoms with van der Waals surface area (Å²) in [7, 11) is -2.60. The molecule has 1 aliphatic heterocycles. The number of hydrogen-bond donors (Lipinski definition) is 2. The van der Waals surface area contributed by atoms with Crippen LogP contribution in [-0.4, -0.2) is 30.9 Å². The Morgan fingerprint density at radius 3 is 2.75 bits per heavy atom. The third kappa shape index (κ3) is 1.86. The largest absolute Gasteiger partial charge is 0.323 e. The molecular weight excluding hydrogens is 232 g/mol. The summed E-state index contributed by atoms with van der Waals surface area (Å²) in [6.07, 6.45) is 0. The van der Waals surface area contributed by atoms with E-state index < -0.39 is 10.1 Å². The molecule has 1 heterocycles. The molecule has 0 bridgehead atoms. The molecule has 6 nitrogen and oxygen atoms in total. The highest BCUT2D eigenvalue weighted by atomic mass is 32.2. The zero-order valence-electron chi connectivity index (χ0n) is 8.47. The minimum atomic E-state index is -4.20. The summed E-state index contributed by atoms with van der Waals surface area (Å²) in [5.74, 6) is 0. The van der Waals surface area contributed by atoms with E-state index in [1.807, 2.05) is 0 Å². The van der Waals surface area contributed by atoms with Crippen LogP contribution < -0.4 is 5.32 Å². The van der Waals surface area contributed by atoms with Gasteiger partial charge in [-0.3, -0.25) is 4.55 Å². The molecule has 1 aromatic carbocycles. The molecule has 0 saturated carbocycles. The first-order valence-corrected chi connectivity index (χ1v) is 5.94. The Morgan fingerprint density at radius 1 is 1.44 bits per heavy atom. The van der Waals surface area contributed by atoms with Crippen molar-refractivity contribution >= 4 is 21.8 Å². The van der Waals surface area contributed by atoms with E-state index in [1.54, 1.807) is 7.05 Å². The molecule has 0 atom stereocenters. The van der Waals surface area contributed by atoms with Crippen LogP contribution in [0.1, 0.15) is 5.56 Å². The highest BCUT2D eigenvalue weighted by Crippen LogP contribution is 2.25. The second kappa shape index (κ2) is 3.46. The molecule has 0 unspecified atom stereocenters. The molecule has 2 N–H and O–H groups in total. The van der Waals surface area contributed by atoms with Crippen molar-refractivity contribution in [2.45, 2.75) is 11.4 Å². The van der Waals surface area contributed by atoms with Gasteiger partial charge in [-0.15, -0.1) is 0 Å². The number of carbonyl (C=O) groups is 1. The standard InChI is InChI=1S/C9H10N2O4S/c1-11-5-6-4-7(16(13,14)15)2-3-8(6)10-9(11)12/h2-4H,5H2,1H3,(H,10,12)(H,13,14,15). The van der Waals surface area contributed by atoms with Crippen molar-refractivity contribution in [2.24, 2.45) is 0 Å². The molecule has 0 radical (unpaired) electrons. The summed E-state index contributed by atoms with van der Waals surface area (Å²) in [5.41, 5.74) is 1.22. The molecule has 1 aromatic rings. The third-order valence-electron chi connectivity index (χ3n) is 2.37. The lowest BCUT2D eigenvalue weighted by Crippen LogP contribution is -2.35. The lowest BCUT2D eigenvalue weighted by molar-refractivity contribution is 0.218. The maximum atomic E-state index is 11.3. The van der Waals surface area contributed by atoms with Crippen LogP contribution in [0.15, 0.2) is 23.1 Å². The average Bonchev–Trinajstić information content (AvgIpc) is 2.17. The maximum Gasteiger partial charge on any atom is 0.321 e. The van der Waals surface area contributed by atoms with Gasteiger partial charge in [-0.2, -0.15) is 8.42 Å². The number of urea groups is 1. The Balaban J connectivity index is 2.48. The molecule has 16 heavy (non-hydrogen) atoms. The van der Waals surface area contributed by atoms with E-state index in [1.165, 1.54) is 23.1 Å². The van der Waals surface area contributed by atoms with Crippen molar-refractivity contribution in [1.29, 1.82) is 0 Å². The Kier molecular flexibility index (Phi) is 2.36. The van der Waals surface area contributed by atoms with E-state index in [-0.39, 0.29) is 10.9 Å². The number of nitrogens with one attached hydrogen (secondary N) is 1. The zero-order valence-corrected chi connectivity index (χ0v) is 9.28. The number of fused-ring (bicyclic) bond motifs is 1. The van der Waals surface area contributed by atoms with Crippen molar-refractivity contribution in [3.63, 3.8) is 0 Å². The molecule has 2 rings (SSSR count). The SMILES string of the molecule is CN1Cc2cc(S(=O)(=O)O)ccc2NC1=O. The maximum absolute atomic E-state index is 11.3. The smallest absolute Gasteiger partial charge is 0.321 e. The Bertz CT molecular complexity index is 553. The first kappa shape index (κ1) is 10.9. The minimum Gasteiger partial charge on any atom is -0.323 e. The monoisotopic (exact) mass is 242 g/mol. The molecule has 0 fully saturated rings. The van der Waals surface area contributed by atoms with Gasteiger partial charge in [0.1, 0.15) is 0 Å². The molecule has 0 saturated heterocycles. The summed E-state index contributed by atoms with van der Waals surface area (Å²) in [6, 6.07) is 3.82. The Labute approximate surface area is 92.6 Å². The van der Waals surface area contributed by atoms with Gasteiger partial charge in [0.25, 0.3) is 10.1 Å². The topological polar surface area (TPSA) is 86.7 Å². The highest BCUT2D eigenvalue weighted by Gasteiger charge is 2.21. The molecule has 86 valence electrons. The van der Waals surface area contributed by atoms with Crippen LogP contribution in [0, 0.1) is 0 Å². The molecule has 7 heteroatoms. The Hall–Kier alpha value is -1.60. The van der Waals surface area contributed by atoms with Crippen molar-refractivity contribution in [1.82, 2.24) is 4.90 Å². The van der Waals surface area contributed by atoms with Crippen molar-refractivity contribution in [3.05, 3.63) is 23.8 Å². The molecule has 2 amide bonds. The fourth-order valence-corrected chi connectivity index (χ4v) is 2.05. The van der Waals surface area contributed by atoms with Gasteiger partial charge < -0.3 is 10.2 Å². The number of nitrogens with zero attached hydrogens (tertiary/aromatic N) is 1. The van der Waals surface area contributed by atoms with E-state index in [4.69, 9.17) is 4.55 Å². The first-order chi connectivity index (χ1) is 7.38. The number of hydrogen-bond acceptors (Lipinski definition) is 3. The third-order valence-corrected chi connectivity index (χ3v) is 3.22. The van der Waals surface area contributed by atoms with E-state index in [9.17, 15) is 13.2 Å². The summed E-state index contributed by atoms with van der Waals surface area (Å²) in [5, 5.41) is 2.60. The minimum absolute atomic E-state index is 0.171. The number of benzene rings is 1. The summed E-state index contributed by atoms with van der Waals surface area (Å²) in [6.45, 7) is 0.310. The molecule has 0 aromatic heterocycles. The predicted octanol–water partition coefficient (Wildman–Crippen LogP) is 0.911. The van der Waals surface area contributed by atoms with E-state index in [2.05, 4.69) is 5.32 Å². The van der Waals surface area contributed by atoms with Crippen molar-refractivity contribution in [2.75, 3.05) is 12.4 Å². The van der Waals surface area contributed by atoms with Crippen LogP contribution >= 0.6 is 0 Å². The second-order valence-electron chi connectivity index (χ2n) is 3.58. The number of carbonyl (C=O) groups excluding carboxylic acids is 1. The van der Waals surface area contributed by atoms with Crippen molar-refractivity contribution < 1.29 is 17.8 Å². The Morgan fingerprint density at radius 2 is 2.12 bits per heavy atom. The van der Waals surface area contributed by atoms with Gasteiger partial charge in [-0.25, -0.2) is 4.79 Å². The number of anilines is 1. The summed E-state index contributed by atoms with van der Waals surface area (Å²) < 4.78 is 30.7. The van der Waals surface area contributed by atoms with Gasteiger partial charge in [0.2, 0.25) is 0 Å². The lowest BCUT2D eigenvalue weighted by Gasteiger charge is -2.25. The van der Waals surface area contributed by atoms with Crippen molar-refractivity contribution in [3.8, 4) is 0 Å². The second-order valence-corrected chi connectivity index (χ2v) is 5.00. The van der Waals surface area contributed by atoms with Crippen LogP contribution in [0.25, 0.3) is 0 Å². The van der Waals surface area contributed by atoms with Gasteiger partial charge >= 0.3 is 6.03 Å². The van der Waals surface area contributed by atoms with Gasteiger partial charge in [0.15, 0.2) is 0 Å². The van der Waals surface area contributed by atoms with Gasteiger partial charge in [-0.1, -0.05) is 0 Å². The molecular formula is C9H10N2O4S. The normalized spacial score (nSPS) is 15.6. The average molecular weight is 242 g/mol. The number of amides is 2. The molecule has 1 aliphatic rings. The molecule has 0 spiro atoms. The fraction of sp³-hybridized carbons (Fsp3) is 0.222.